The van der Waals surface area contributed by atoms with Gasteiger partial charge >= 0.3 is 0 Å². The normalized spacial score (nSPS) is 19.8. The molecule has 1 aromatic carbocycles. The fourth-order valence-corrected chi connectivity index (χ4v) is 2.18. The summed E-state index contributed by atoms with van der Waals surface area (Å²) in [6.07, 6.45) is 1.14. The van der Waals surface area contributed by atoms with Crippen molar-refractivity contribution in [2.75, 3.05) is 32.2 Å². The molecule has 1 unspecified atom stereocenters. The van der Waals surface area contributed by atoms with Gasteiger partial charge in [0.2, 0.25) is 0 Å². The number of methoxy groups -OCH3 is 1. The quantitative estimate of drug-likeness (QED) is 0.923. The zero-order valence-corrected chi connectivity index (χ0v) is 10.9. The number of hydrogen-bond acceptors (Lipinski definition) is 3. The van der Waals surface area contributed by atoms with Crippen LogP contribution in [0.2, 0.25) is 0 Å². The van der Waals surface area contributed by atoms with Gasteiger partial charge in [-0.25, -0.2) is 0 Å². The van der Waals surface area contributed by atoms with Crippen LogP contribution in [-0.4, -0.2) is 26.9 Å². The summed E-state index contributed by atoms with van der Waals surface area (Å²) in [7, 11) is 1.69. The summed E-state index contributed by atoms with van der Waals surface area (Å²) in [4.78, 5) is 0. The first-order valence-corrected chi connectivity index (χ1v) is 6.24. The zero-order valence-electron chi connectivity index (χ0n) is 9.33. The van der Waals surface area contributed by atoms with E-state index in [0.29, 0.717) is 5.92 Å². The van der Waals surface area contributed by atoms with Crippen LogP contribution in [0.5, 0.6) is 5.75 Å². The predicted octanol–water partition coefficient (Wildman–Crippen LogP) is 2.91. The average molecular weight is 286 g/mol. The highest BCUT2D eigenvalue weighted by Gasteiger charge is 2.15. The summed E-state index contributed by atoms with van der Waals surface area (Å²) >= 11 is 3.46. The zero-order chi connectivity index (χ0) is 11.4. The maximum atomic E-state index is 5.35. The molecule has 88 valence electrons. The van der Waals surface area contributed by atoms with E-state index in [9.17, 15) is 0 Å². The van der Waals surface area contributed by atoms with Gasteiger partial charge < -0.3 is 14.8 Å². The molecule has 0 aromatic heterocycles. The Balaban J connectivity index is 1.98. The first-order chi connectivity index (χ1) is 7.79. The topological polar surface area (TPSA) is 30.5 Å². The second kappa shape index (κ2) is 5.55. The van der Waals surface area contributed by atoms with Crippen LogP contribution in [0, 0.1) is 5.92 Å². The Morgan fingerprint density at radius 1 is 1.56 bits per heavy atom. The molecule has 0 amide bonds. The van der Waals surface area contributed by atoms with Crippen molar-refractivity contribution in [1.82, 2.24) is 0 Å². The molecule has 0 spiro atoms. The van der Waals surface area contributed by atoms with E-state index in [2.05, 4.69) is 21.2 Å². The highest BCUT2D eigenvalue weighted by molar-refractivity contribution is 9.10. The molecule has 1 saturated heterocycles. The molecule has 1 aliphatic rings. The minimum atomic E-state index is 0.615. The van der Waals surface area contributed by atoms with Gasteiger partial charge in [0.25, 0.3) is 0 Å². The van der Waals surface area contributed by atoms with E-state index in [1.165, 1.54) is 0 Å². The third-order valence-corrected chi connectivity index (χ3v) is 3.26. The Bertz CT molecular complexity index is 351. The van der Waals surface area contributed by atoms with Crippen molar-refractivity contribution in [3.8, 4) is 5.75 Å². The number of nitrogens with one attached hydrogen (secondary N) is 1. The SMILES string of the molecule is COc1ccc(Br)cc1NCC1CCOC1. The Morgan fingerprint density at radius 2 is 2.44 bits per heavy atom. The van der Waals surface area contributed by atoms with E-state index in [-0.39, 0.29) is 0 Å². The average Bonchev–Trinajstić information content (AvgIpc) is 2.79. The summed E-state index contributed by atoms with van der Waals surface area (Å²) in [6, 6.07) is 5.97. The highest BCUT2D eigenvalue weighted by atomic mass is 79.9. The maximum Gasteiger partial charge on any atom is 0.142 e. The van der Waals surface area contributed by atoms with E-state index >= 15 is 0 Å². The molecule has 1 N–H and O–H groups in total. The molecule has 4 heteroatoms. The van der Waals surface area contributed by atoms with Gasteiger partial charge in [-0.1, -0.05) is 15.9 Å². The lowest BCUT2D eigenvalue weighted by atomic mass is 10.1. The minimum absolute atomic E-state index is 0.615. The van der Waals surface area contributed by atoms with Gasteiger partial charge in [-0.2, -0.15) is 0 Å². The predicted molar refractivity (Wildman–Crippen MR) is 68.1 cm³/mol. The van der Waals surface area contributed by atoms with Crippen LogP contribution in [0.1, 0.15) is 6.42 Å². The first kappa shape index (κ1) is 11.7. The van der Waals surface area contributed by atoms with Crippen molar-refractivity contribution >= 4 is 21.6 Å². The van der Waals surface area contributed by atoms with Crippen molar-refractivity contribution in [3.05, 3.63) is 22.7 Å². The smallest absolute Gasteiger partial charge is 0.142 e. The van der Waals surface area contributed by atoms with Crippen molar-refractivity contribution in [2.45, 2.75) is 6.42 Å². The largest absolute Gasteiger partial charge is 0.495 e. The van der Waals surface area contributed by atoms with Gasteiger partial charge in [0.1, 0.15) is 5.75 Å². The highest BCUT2D eigenvalue weighted by Crippen LogP contribution is 2.28. The molecule has 0 bridgehead atoms. The van der Waals surface area contributed by atoms with Crippen molar-refractivity contribution in [1.29, 1.82) is 0 Å². The van der Waals surface area contributed by atoms with Crippen molar-refractivity contribution < 1.29 is 9.47 Å². The Morgan fingerprint density at radius 3 is 3.12 bits per heavy atom. The summed E-state index contributed by atoms with van der Waals surface area (Å²) in [5.41, 5.74) is 1.03. The molecular weight excluding hydrogens is 270 g/mol. The standard InChI is InChI=1S/C12H16BrNO2/c1-15-12-3-2-10(13)6-11(12)14-7-9-4-5-16-8-9/h2-3,6,9,14H,4-5,7-8H2,1H3. The molecule has 2 rings (SSSR count). The van der Waals surface area contributed by atoms with Crippen LogP contribution in [0.4, 0.5) is 5.69 Å². The molecule has 1 atom stereocenters. The number of benzene rings is 1. The van der Waals surface area contributed by atoms with Crippen LogP contribution in [0.3, 0.4) is 0 Å². The molecule has 3 nitrogen and oxygen atoms in total. The molecule has 0 radical (unpaired) electrons. The lowest BCUT2D eigenvalue weighted by Gasteiger charge is -2.14. The second-order valence-electron chi connectivity index (χ2n) is 3.96. The van der Waals surface area contributed by atoms with Gasteiger partial charge in [0, 0.05) is 23.5 Å². The van der Waals surface area contributed by atoms with Gasteiger partial charge in [-0.3, -0.25) is 0 Å². The number of ether oxygens (including phenoxy) is 2. The molecule has 1 aromatic rings. The van der Waals surface area contributed by atoms with E-state index in [1.807, 2.05) is 18.2 Å². The number of halogens is 1. The van der Waals surface area contributed by atoms with Gasteiger partial charge in [0.15, 0.2) is 0 Å². The molecule has 1 fully saturated rings. The number of anilines is 1. The second-order valence-corrected chi connectivity index (χ2v) is 4.87. The van der Waals surface area contributed by atoms with E-state index in [0.717, 1.165) is 42.1 Å². The Kier molecular flexibility index (Phi) is 4.07. The van der Waals surface area contributed by atoms with Gasteiger partial charge in [0.05, 0.1) is 19.4 Å². The fraction of sp³-hybridized carbons (Fsp3) is 0.500. The molecule has 0 saturated carbocycles. The van der Waals surface area contributed by atoms with Gasteiger partial charge in [-0.15, -0.1) is 0 Å². The monoisotopic (exact) mass is 285 g/mol. The minimum Gasteiger partial charge on any atom is -0.495 e. The van der Waals surface area contributed by atoms with E-state index in [1.54, 1.807) is 7.11 Å². The van der Waals surface area contributed by atoms with Crippen LogP contribution in [0.25, 0.3) is 0 Å². The first-order valence-electron chi connectivity index (χ1n) is 5.45. The summed E-state index contributed by atoms with van der Waals surface area (Å²) in [6.45, 7) is 2.69. The van der Waals surface area contributed by atoms with Crippen molar-refractivity contribution in [2.24, 2.45) is 5.92 Å². The Labute approximate surface area is 104 Å². The third-order valence-electron chi connectivity index (χ3n) is 2.77. The molecule has 1 heterocycles. The lowest BCUT2D eigenvalue weighted by molar-refractivity contribution is 0.187. The summed E-state index contributed by atoms with van der Waals surface area (Å²) < 4.78 is 11.7. The Hall–Kier alpha value is -0.740. The van der Waals surface area contributed by atoms with Crippen LogP contribution < -0.4 is 10.1 Å². The third kappa shape index (κ3) is 2.89. The van der Waals surface area contributed by atoms with Crippen LogP contribution in [0.15, 0.2) is 22.7 Å². The summed E-state index contributed by atoms with van der Waals surface area (Å²) in [5.74, 6) is 1.49. The number of rotatable bonds is 4. The molecular formula is C12H16BrNO2. The number of hydrogen-bond donors (Lipinski definition) is 1. The van der Waals surface area contributed by atoms with Crippen LogP contribution in [-0.2, 0) is 4.74 Å². The fourth-order valence-electron chi connectivity index (χ4n) is 1.82. The lowest BCUT2D eigenvalue weighted by Crippen LogP contribution is -2.14. The van der Waals surface area contributed by atoms with Crippen LogP contribution >= 0.6 is 15.9 Å². The molecule has 16 heavy (non-hydrogen) atoms. The van der Waals surface area contributed by atoms with E-state index in [4.69, 9.17) is 9.47 Å². The molecule has 0 aliphatic carbocycles. The molecule has 1 aliphatic heterocycles. The maximum absolute atomic E-state index is 5.35. The van der Waals surface area contributed by atoms with E-state index < -0.39 is 0 Å². The van der Waals surface area contributed by atoms with Crippen molar-refractivity contribution in [3.63, 3.8) is 0 Å². The summed E-state index contributed by atoms with van der Waals surface area (Å²) in [5, 5.41) is 3.41. The van der Waals surface area contributed by atoms with Gasteiger partial charge in [-0.05, 0) is 24.6 Å².